The number of anilines is 1. The highest BCUT2D eigenvalue weighted by Gasteiger charge is 2.08. The maximum absolute atomic E-state index is 13.5. The zero-order chi connectivity index (χ0) is 14.5. The van der Waals surface area contributed by atoms with Crippen LogP contribution >= 0.6 is 31.9 Å². The van der Waals surface area contributed by atoms with Crippen molar-refractivity contribution in [3.8, 4) is 5.75 Å². The SMILES string of the molecule is O=C(COc1cccc(Br)c1)Nc1ccc(Br)cc1F. The van der Waals surface area contributed by atoms with Crippen LogP contribution in [0.4, 0.5) is 10.1 Å². The van der Waals surface area contributed by atoms with Crippen molar-refractivity contribution in [3.63, 3.8) is 0 Å². The van der Waals surface area contributed by atoms with Gasteiger partial charge in [0.25, 0.3) is 5.91 Å². The van der Waals surface area contributed by atoms with E-state index in [1.54, 1.807) is 24.3 Å². The summed E-state index contributed by atoms with van der Waals surface area (Å²) >= 11 is 6.45. The number of nitrogens with one attached hydrogen (secondary N) is 1. The van der Waals surface area contributed by atoms with E-state index < -0.39 is 11.7 Å². The molecule has 0 aromatic heterocycles. The Labute approximate surface area is 132 Å². The molecule has 0 spiro atoms. The van der Waals surface area contributed by atoms with Gasteiger partial charge in [-0.2, -0.15) is 0 Å². The second-order valence-corrected chi connectivity index (χ2v) is 5.75. The zero-order valence-electron chi connectivity index (χ0n) is 10.2. The molecule has 0 saturated carbocycles. The van der Waals surface area contributed by atoms with Gasteiger partial charge in [0.1, 0.15) is 11.6 Å². The van der Waals surface area contributed by atoms with Crippen molar-refractivity contribution < 1.29 is 13.9 Å². The van der Waals surface area contributed by atoms with E-state index in [4.69, 9.17) is 4.74 Å². The van der Waals surface area contributed by atoms with E-state index in [1.807, 2.05) is 6.07 Å². The van der Waals surface area contributed by atoms with Gasteiger partial charge in [-0.3, -0.25) is 4.79 Å². The molecule has 0 aliphatic rings. The third kappa shape index (κ3) is 4.31. The van der Waals surface area contributed by atoms with E-state index in [9.17, 15) is 9.18 Å². The number of halogens is 3. The summed E-state index contributed by atoms with van der Waals surface area (Å²) in [6.07, 6.45) is 0. The molecule has 2 aromatic carbocycles. The molecule has 0 fully saturated rings. The van der Waals surface area contributed by atoms with E-state index in [1.165, 1.54) is 12.1 Å². The summed E-state index contributed by atoms with van der Waals surface area (Å²) in [5.74, 6) is -0.368. The molecule has 6 heteroatoms. The average Bonchev–Trinajstić information content (AvgIpc) is 2.40. The van der Waals surface area contributed by atoms with Crippen LogP contribution in [0, 0.1) is 5.82 Å². The van der Waals surface area contributed by atoms with Gasteiger partial charge in [-0.25, -0.2) is 4.39 Å². The van der Waals surface area contributed by atoms with Gasteiger partial charge in [-0.15, -0.1) is 0 Å². The lowest BCUT2D eigenvalue weighted by Crippen LogP contribution is -2.20. The Balaban J connectivity index is 1.92. The predicted molar refractivity (Wildman–Crippen MR) is 82.4 cm³/mol. The molecule has 104 valence electrons. The Bertz CT molecular complexity index is 634. The van der Waals surface area contributed by atoms with Crippen LogP contribution in [0.1, 0.15) is 0 Å². The zero-order valence-corrected chi connectivity index (χ0v) is 13.4. The molecule has 1 N–H and O–H groups in total. The molecule has 0 bridgehead atoms. The standard InChI is InChI=1S/C14H10Br2FNO2/c15-9-2-1-3-11(6-9)20-8-14(19)18-13-5-4-10(16)7-12(13)17/h1-7H,8H2,(H,18,19). The third-order valence-corrected chi connectivity index (χ3v) is 3.36. The molecule has 0 atom stereocenters. The first-order valence-electron chi connectivity index (χ1n) is 5.68. The molecule has 2 rings (SSSR count). The first-order chi connectivity index (χ1) is 9.54. The number of rotatable bonds is 4. The second-order valence-electron chi connectivity index (χ2n) is 3.92. The van der Waals surface area contributed by atoms with Gasteiger partial charge in [0.05, 0.1) is 5.69 Å². The van der Waals surface area contributed by atoms with Crippen LogP contribution in [0.2, 0.25) is 0 Å². The number of benzene rings is 2. The largest absolute Gasteiger partial charge is 0.484 e. The van der Waals surface area contributed by atoms with E-state index in [0.29, 0.717) is 10.2 Å². The molecule has 20 heavy (non-hydrogen) atoms. The van der Waals surface area contributed by atoms with E-state index in [-0.39, 0.29) is 12.3 Å². The van der Waals surface area contributed by atoms with E-state index >= 15 is 0 Å². The smallest absolute Gasteiger partial charge is 0.262 e. The Morgan fingerprint density at radius 1 is 1.15 bits per heavy atom. The van der Waals surface area contributed by atoms with Crippen molar-refractivity contribution in [2.24, 2.45) is 0 Å². The summed E-state index contributed by atoms with van der Waals surface area (Å²) < 4.78 is 20.3. The van der Waals surface area contributed by atoms with Crippen LogP contribution in [0.5, 0.6) is 5.75 Å². The Morgan fingerprint density at radius 3 is 2.60 bits per heavy atom. The molecular formula is C14H10Br2FNO2. The number of carbonyl (C=O) groups is 1. The van der Waals surface area contributed by atoms with Gasteiger partial charge >= 0.3 is 0 Å². The third-order valence-electron chi connectivity index (χ3n) is 2.37. The lowest BCUT2D eigenvalue weighted by molar-refractivity contribution is -0.118. The van der Waals surface area contributed by atoms with Gasteiger partial charge in [0, 0.05) is 8.95 Å². The van der Waals surface area contributed by atoms with Gasteiger partial charge in [-0.05, 0) is 36.4 Å². The number of hydrogen-bond donors (Lipinski definition) is 1. The van der Waals surface area contributed by atoms with Gasteiger partial charge < -0.3 is 10.1 Å². The lowest BCUT2D eigenvalue weighted by Gasteiger charge is -2.08. The molecule has 0 radical (unpaired) electrons. The Hall–Kier alpha value is -1.40. The Kier molecular flexibility index (Phi) is 5.14. The fraction of sp³-hybridized carbons (Fsp3) is 0.0714. The van der Waals surface area contributed by atoms with Crippen molar-refractivity contribution in [1.29, 1.82) is 0 Å². The van der Waals surface area contributed by atoms with Crippen molar-refractivity contribution in [1.82, 2.24) is 0 Å². The van der Waals surface area contributed by atoms with Crippen molar-refractivity contribution in [3.05, 3.63) is 57.2 Å². The molecule has 0 aliphatic carbocycles. The summed E-state index contributed by atoms with van der Waals surface area (Å²) in [5, 5.41) is 2.45. The lowest BCUT2D eigenvalue weighted by atomic mass is 10.3. The van der Waals surface area contributed by atoms with E-state index in [0.717, 1.165) is 4.47 Å². The molecule has 3 nitrogen and oxygen atoms in total. The monoisotopic (exact) mass is 401 g/mol. The number of amides is 1. The summed E-state index contributed by atoms with van der Waals surface area (Å²) in [5.41, 5.74) is 0.121. The molecule has 0 heterocycles. The second kappa shape index (κ2) is 6.85. The molecule has 0 unspecified atom stereocenters. The highest BCUT2D eigenvalue weighted by Crippen LogP contribution is 2.20. The van der Waals surface area contributed by atoms with Crippen LogP contribution in [0.25, 0.3) is 0 Å². The minimum absolute atomic E-state index is 0.121. The first-order valence-corrected chi connectivity index (χ1v) is 7.26. The van der Waals surface area contributed by atoms with Gasteiger partial charge in [0.15, 0.2) is 6.61 Å². The molecule has 0 saturated heterocycles. The van der Waals surface area contributed by atoms with Gasteiger partial charge in [-0.1, -0.05) is 37.9 Å². The predicted octanol–water partition coefficient (Wildman–Crippen LogP) is 4.37. The van der Waals surface area contributed by atoms with Crippen LogP contribution in [0.3, 0.4) is 0 Å². The average molecular weight is 403 g/mol. The maximum atomic E-state index is 13.5. The number of hydrogen-bond acceptors (Lipinski definition) is 2. The maximum Gasteiger partial charge on any atom is 0.262 e. The normalized spacial score (nSPS) is 10.2. The van der Waals surface area contributed by atoms with Crippen molar-refractivity contribution >= 4 is 43.5 Å². The quantitative estimate of drug-likeness (QED) is 0.824. The first kappa shape index (κ1) is 15.0. The highest BCUT2D eigenvalue weighted by molar-refractivity contribution is 9.10. The summed E-state index contributed by atoms with van der Waals surface area (Å²) in [7, 11) is 0. The summed E-state index contributed by atoms with van der Waals surface area (Å²) in [6.45, 7) is -0.189. The summed E-state index contributed by atoms with van der Waals surface area (Å²) in [4.78, 5) is 11.7. The summed E-state index contributed by atoms with van der Waals surface area (Å²) in [6, 6.07) is 11.5. The fourth-order valence-corrected chi connectivity index (χ4v) is 2.19. The van der Waals surface area contributed by atoms with Crippen molar-refractivity contribution in [2.45, 2.75) is 0 Å². The fourth-order valence-electron chi connectivity index (χ4n) is 1.48. The van der Waals surface area contributed by atoms with E-state index in [2.05, 4.69) is 37.2 Å². The molecule has 0 aliphatic heterocycles. The van der Waals surface area contributed by atoms with Crippen LogP contribution in [-0.4, -0.2) is 12.5 Å². The topological polar surface area (TPSA) is 38.3 Å². The number of ether oxygens (including phenoxy) is 1. The Morgan fingerprint density at radius 2 is 1.90 bits per heavy atom. The van der Waals surface area contributed by atoms with Crippen LogP contribution < -0.4 is 10.1 Å². The van der Waals surface area contributed by atoms with Crippen LogP contribution in [0.15, 0.2) is 51.4 Å². The van der Waals surface area contributed by atoms with Crippen molar-refractivity contribution in [2.75, 3.05) is 11.9 Å². The molecule has 2 aromatic rings. The minimum atomic E-state index is -0.504. The van der Waals surface area contributed by atoms with Crippen LogP contribution in [-0.2, 0) is 4.79 Å². The molecular weight excluding hydrogens is 393 g/mol. The van der Waals surface area contributed by atoms with Gasteiger partial charge in [0.2, 0.25) is 0 Å². The number of carbonyl (C=O) groups excluding carboxylic acids is 1. The minimum Gasteiger partial charge on any atom is -0.484 e. The molecule has 1 amide bonds. The highest BCUT2D eigenvalue weighted by atomic mass is 79.9.